The molecule has 0 saturated heterocycles. The summed E-state index contributed by atoms with van der Waals surface area (Å²) in [6, 6.07) is 5.89. The van der Waals surface area contributed by atoms with E-state index in [1.165, 1.54) is 24.3 Å². The number of carbonyl (C=O) groups is 2. The van der Waals surface area contributed by atoms with Gasteiger partial charge in [-0.25, -0.2) is 13.4 Å². The molecule has 4 rings (SSSR count). The molecular weight excluding hydrogens is 420 g/mol. The number of amides is 1. The minimum atomic E-state index is -3.91. The van der Waals surface area contributed by atoms with Crippen molar-refractivity contribution in [1.82, 2.24) is 4.98 Å². The van der Waals surface area contributed by atoms with Gasteiger partial charge in [-0.2, -0.15) is 0 Å². The van der Waals surface area contributed by atoms with E-state index in [9.17, 15) is 18.0 Å². The van der Waals surface area contributed by atoms with Crippen molar-refractivity contribution in [3.63, 3.8) is 0 Å². The monoisotopic (exact) mass is 438 g/mol. The molecule has 0 atom stereocenters. The average Bonchev–Trinajstić information content (AvgIpc) is 3.30. The van der Waals surface area contributed by atoms with Crippen LogP contribution in [0, 0.1) is 0 Å². The Morgan fingerprint density at radius 3 is 2.43 bits per heavy atom. The van der Waals surface area contributed by atoms with Crippen LogP contribution in [0.25, 0.3) is 0 Å². The van der Waals surface area contributed by atoms with E-state index in [0.717, 1.165) is 17.8 Å². The first kappa shape index (κ1) is 19.5. The summed E-state index contributed by atoms with van der Waals surface area (Å²) in [7, 11) is -3.91. The Kier molecular flexibility index (Phi) is 5.05. The van der Waals surface area contributed by atoms with E-state index in [0.29, 0.717) is 46.4 Å². The van der Waals surface area contributed by atoms with E-state index in [4.69, 9.17) is 11.6 Å². The number of benzene rings is 1. The molecule has 1 fully saturated rings. The van der Waals surface area contributed by atoms with Crippen LogP contribution in [0.2, 0.25) is 5.02 Å². The zero-order valence-electron chi connectivity index (χ0n) is 15.0. The Hall–Kier alpha value is -1.77. The summed E-state index contributed by atoms with van der Waals surface area (Å²) in [4.78, 5) is 30.2. The number of ketones is 1. The van der Waals surface area contributed by atoms with Crippen molar-refractivity contribution in [3.05, 3.63) is 39.9 Å². The smallest absolute Gasteiger partial charge is 0.248 e. The summed E-state index contributed by atoms with van der Waals surface area (Å²) in [6.07, 6.45) is 3.76. The molecule has 1 aromatic carbocycles. The van der Waals surface area contributed by atoms with Gasteiger partial charge >= 0.3 is 0 Å². The topological polar surface area (TPSA) is 93.2 Å². The fraction of sp³-hybridized carbons (Fsp3) is 0.421. The lowest BCUT2D eigenvalue weighted by molar-refractivity contribution is -0.118. The maximum atomic E-state index is 13.4. The zero-order valence-corrected chi connectivity index (χ0v) is 17.4. The lowest BCUT2D eigenvalue weighted by atomic mass is 10.0. The molecule has 2 aromatic rings. The highest BCUT2D eigenvalue weighted by Crippen LogP contribution is 2.42. The van der Waals surface area contributed by atoms with E-state index in [1.54, 1.807) is 0 Å². The predicted octanol–water partition coefficient (Wildman–Crippen LogP) is 4.04. The lowest BCUT2D eigenvalue weighted by Gasteiger charge is -2.27. The standard InChI is InChI=1S/C19H19ClN2O4S2/c20-12-6-8-13(9-7-12)28(25,26)19(10-1-2-11-19)17(24)22-18-21-14-4-3-5-15(23)16(14)27-18/h6-9H,1-5,10-11H2,(H,21,22,24). The van der Waals surface area contributed by atoms with Crippen LogP contribution in [-0.4, -0.2) is 29.8 Å². The number of anilines is 1. The van der Waals surface area contributed by atoms with E-state index in [1.807, 2.05) is 0 Å². The number of halogens is 1. The van der Waals surface area contributed by atoms with Crippen LogP contribution < -0.4 is 5.32 Å². The SMILES string of the molecule is O=C1CCCc2nc(NC(=O)C3(S(=O)(=O)c4ccc(Cl)cc4)CCCC3)sc21. The van der Waals surface area contributed by atoms with Gasteiger partial charge in [0.2, 0.25) is 5.91 Å². The van der Waals surface area contributed by atoms with Crippen molar-refractivity contribution < 1.29 is 18.0 Å². The molecule has 148 valence electrons. The number of rotatable bonds is 4. The highest BCUT2D eigenvalue weighted by molar-refractivity contribution is 7.93. The highest BCUT2D eigenvalue weighted by Gasteiger charge is 2.53. The van der Waals surface area contributed by atoms with Crippen molar-refractivity contribution in [3.8, 4) is 0 Å². The molecule has 1 aromatic heterocycles. The third kappa shape index (κ3) is 3.17. The molecule has 0 aliphatic heterocycles. The quantitative estimate of drug-likeness (QED) is 0.777. The number of hydrogen-bond donors (Lipinski definition) is 1. The Morgan fingerprint density at radius 2 is 1.79 bits per heavy atom. The van der Waals surface area contributed by atoms with E-state index in [2.05, 4.69) is 10.3 Å². The molecule has 0 radical (unpaired) electrons. The zero-order chi connectivity index (χ0) is 19.9. The van der Waals surface area contributed by atoms with Crippen LogP contribution in [0.4, 0.5) is 5.13 Å². The van der Waals surface area contributed by atoms with E-state index in [-0.39, 0.29) is 23.5 Å². The molecule has 9 heteroatoms. The number of sulfone groups is 1. The molecule has 2 aliphatic carbocycles. The fourth-order valence-electron chi connectivity index (χ4n) is 3.94. The number of aromatic nitrogens is 1. The van der Waals surface area contributed by atoms with Crippen LogP contribution >= 0.6 is 22.9 Å². The number of carbonyl (C=O) groups excluding carboxylic acids is 2. The second kappa shape index (κ2) is 7.24. The van der Waals surface area contributed by atoms with Gasteiger partial charge in [-0.05, 0) is 49.9 Å². The molecule has 28 heavy (non-hydrogen) atoms. The van der Waals surface area contributed by atoms with Crippen molar-refractivity contribution in [2.75, 3.05) is 5.32 Å². The Labute approximate surface area is 172 Å². The molecule has 0 spiro atoms. The minimum Gasteiger partial charge on any atom is -0.301 e. The number of nitrogens with one attached hydrogen (secondary N) is 1. The van der Waals surface area contributed by atoms with Crippen LogP contribution in [0.5, 0.6) is 0 Å². The second-order valence-electron chi connectivity index (χ2n) is 7.18. The summed E-state index contributed by atoms with van der Waals surface area (Å²) >= 11 is 7.01. The number of nitrogens with zero attached hydrogens (tertiary/aromatic N) is 1. The Balaban J connectivity index is 1.67. The largest absolute Gasteiger partial charge is 0.301 e. The molecule has 1 heterocycles. The van der Waals surface area contributed by atoms with Gasteiger partial charge in [0.05, 0.1) is 15.5 Å². The first-order chi connectivity index (χ1) is 13.3. The van der Waals surface area contributed by atoms with E-state index >= 15 is 0 Å². The summed E-state index contributed by atoms with van der Waals surface area (Å²) in [5, 5.41) is 3.43. The third-order valence-electron chi connectivity index (χ3n) is 5.45. The first-order valence-corrected chi connectivity index (χ1v) is 11.9. The average molecular weight is 439 g/mol. The van der Waals surface area contributed by atoms with E-state index < -0.39 is 20.5 Å². The fourth-order valence-corrected chi connectivity index (χ4v) is 7.10. The van der Waals surface area contributed by atoms with Gasteiger partial charge in [-0.1, -0.05) is 35.8 Å². The summed E-state index contributed by atoms with van der Waals surface area (Å²) in [5.41, 5.74) is 0.692. The maximum absolute atomic E-state index is 13.4. The third-order valence-corrected chi connectivity index (χ3v) is 9.27. The molecule has 1 N–H and O–H groups in total. The lowest BCUT2D eigenvalue weighted by Crippen LogP contribution is -2.47. The summed E-state index contributed by atoms with van der Waals surface area (Å²) < 4.78 is 25.2. The molecule has 1 saturated carbocycles. The maximum Gasteiger partial charge on any atom is 0.248 e. The normalized spacial score (nSPS) is 18.7. The minimum absolute atomic E-state index is 0.0311. The van der Waals surface area contributed by atoms with Crippen LogP contribution in [0.3, 0.4) is 0 Å². The van der Waals surface area contributed by atoms with Crippen LogP contribution in [0.1, 0.15) is 53.9 Å². The Morgan fingerprint density at radius 1 is 1.11 bits per heavy atom. The Bertz CT molecular complexity index is 1040. The molecule has 6 nitrogen and oxygen atoms in total. The molecular formula is C19H19ClN2O4S2. The number of hydrogen-bond acceptors (Lipinski definition) is 6. The summed E-state index contributed by atoms with van der Waals surface area (Å²) in [6.45, 7) is 0. The van der Waals surface area contributed by atoms with Crippen LogP contribution in [-0.2, 0) is 21.1 Å². The highest BCUT2D eigenvalue weighted by atomic mass is 35.5. The van der Waals surface area contributed by atoms with Gasteiger partial charge in [0.1, 0.15) is 0 Å². The van der Waals surface area contributed by atoms with Gasteiger partial charge in [0.25, 0.3) is 0 Å². The van der Waals surface area contributed by atoms with Crippen molar-refractivity contribution >= 4 is 49.6 Å². The van der Waals surface area contributed by atoms with Crippen molar-refractivity contribution in [2.45, 2.75) is 54.6 Å². The van der Waals surface area contributed by atoms with Gasteiger partial charge in [-0.3, -0.25) is 9.59 Å². The number of aryl methyl sites for hydroxylation is 1. The van der Waals surface area contributed by atoms with Crippen molar-refractivity contribution in [1.29, 1.82) is 0 Å². The molecule has 0 bridgehead atoms. The predicted molar refractivity (Wildman–Crippen MR) is 108 cm³/mol. The molecule has 2 aliphatic rings. The molecule has 1 amide bonds. The van der Waals surface area contributed by atoms with Crippen molar-refractivity contribution in [2.24, 2.45) is 0 Å². The van der Waals surface area contributed by atoms with Gasteiger partial charge < -0.3 is 5.32 Å². The molecule has 0 unspecified atom stereocenters. The van der Waals surface area contributed by atoms with Gasteiger partial charge in [0, 0.05) is 11.4 Å². The second-order valence-corrected chi connectivity index (χ2v) is 10.9. The summed E-state index contributed by atoms with van der Waals surface area (Å²) in [5.74, 6) is -0.540. The van der Waals surface area contributed by atoms with Gasteiger partial charge in [0.15, 0.2) is 25.5 Å². The first-order valence-electron chi connectivity index (χ1n) is 9.18. The number of Topliss-reactive ketones (excluding diaryl/α,β-unsaturated/α-hetero) is 1. The van der Waals surface area contributed by atoms with Crippen LogP contribution in [0.15, 0.2) is 29.2 Å². The number of fused-ring (bicyclic) bond motifs is 1. The van der Waals surface area contributed by atoms with Gasteiger partial charge in [-0.15, -0.1) is 0 Å². The number of thiazole rings is 1.